The van der Waals surface area contributed by atoms with Gasteiger partial charge in [0.25, 0.3) is 0 Å². The summed E-state index contributed by atoms with van der Waals surface area (Å²) in [4.78, 5) is 11.7. The molecular formula is C16H18F3N2O4S+. The van der Waals surface area contributed by atoms with E-state index < -0.39 is 31.8 Å². The summed E-state index contributed by atoms with van der Waals surface area (Å²) < 4.78 is 67.7. The highest BCUT2D eigenvalue weighted by molar-refractivity contribution is 7.91. The average molecular weight is 391 g/mol. The second kappa shape index (κ2) is 7.22. The van der Waals surface area contributed by atoms with Gasteiger partial charge in [0.1, 0.15) is 12.7 Å². The van der Waals surface area contributed by atoms with Crippen LogP contribution in [0.15, 0.2) is 48.2 Å². The monoisotopic (exact) mass is 391 g/mol. The van der Waals surface area contributed by atoms with Crippen molar-refractivity contribution in [3.8, 4) is 0 Å². The Kier molecular flexibility index (Phi) is 5.59. The van der Waals surface area contributed by atoms with Crippen LogP contribution < -0.4 is 9.62 Å². The minimum absolute atomic E-state index is 0.00699. The number of halogens is 3. The lowest BCUT2D eigenvalue weighted by molar-refractivity contribution is -0.106. The van der Waals surface area contributed by atoms with Crippen LogP contribution in [0.25, 0.3) is 0 Å². The molecule has 6 nitrogen and oxygen atoms in total. The van der Waals surface area contributed by atoms with Gasteiger partial charge in [0.15, 0.2) is 11.4 Å². The van der Waals surface area contributed by atoms with Crippen molar-refractivity contribution in [3.05, 3.63) is 53.8 Å². The minimum atomic E-state index is -4.91. The zero-order chi connectivity index (χ0) is 19.6. The van der Waals surface area contributed by atoms with Gasteiger partial charge in [0.05, 0.1) is 12.7 Å². The molecule has 0 aliphatic carbocycles. The van der Waals surface area contributed by atoms with Gasteiger partial charge < -0.3 is 10.5 Å². The van der Waals surface area contributed by atoms with Crippen LogP contribution >= 0.6 is 0 Å². The molecule has 1 aromatic carbocycles. The highest BCUT2D eigenvalue weighted by atomic mass is 32.2. The van der Waals surface area contributed by atoms with Crippen molar-refractivity contribution in [2.45, 2.75) is 6.18 Å². The van der Waals surface area contributed by atoms with Crippen LogP contribution in [-0.4, -0.2) is 46.5 Å². The molecule has 0 saturated heterocycles. The van der Waals surface area contributed by atoms with Crippen molar-refractivity contribution in [3.63, 3.8) is 0 Å². The molecule has 0 radical (unpaired) electrons. The lowest BCUT2D eigenvalue weighted by Gasteiger charge is -2.34. The van der Waals surface area contributed by atoms with Crippen molar-refractivity contribution in [1.29, 1.82) is 0 Å². The van der Waals surface area contributed by atoms with Crippen molar-refractivity contribution in [2.24, 2.45) is 5.73 Å². The Hall–Kier alpha value is -2.17. The smallest absolute Gasteiger partial charge is 0.408 e. The van der Waals surface area contributed by atoms with E-state index in [1.54, 1.807) is 6.08 Å². The van der Waals surface area contributed by atoms with Crippen molar-refractivity contribution < 1.29 is 31.1 Å². The van der Waals surface area contributed by atoms with Crippen LogP contribution in [0.4, 0.5) is 18.9 Å². The van der Waals surface area contributed by atoms with Gasteiger partial charge in [-0.15, -0.1) is 0 Å². The SMILES string of the molecule is COC(=O)c1cccc([N+]2(S(=O)(=O)CC(F)(F)F)C=C(CN)C=CC2)c1. The number of nitrogens with two attached hydrogens (primary N) is 1. The third-order valence-corrected chi connectivity index (χ3v) is 6.02. The van der Waals surface area contributed by atoms with Crippen LogP contribution in [0, 0.1) is 0 Å². The van der Waals surface area contributed by atoms with Crippen LogP contribution in [-0.2, 0) is 14.8 Å². The van der Waals surface area contributed by atoms with Gasteiger partial charge in [-0.3, -0.25) is 0 Å². The quantitative estimate of drug-likeness (QED) is 0.614. The number of esters is 1. The van der Waals surface area contributed by atoms with Crippen molar-refractivity contribution in [1.82, 2.24) is 3.89 Å². The number of methoxy groups -OCH3 is 1. The van der Waals surface area contributed by atoms with E-state index in [0.717, 1.165) is 7.11 Å². The Bertz CT molecular complexity index is 862. The van der Waals surface area contributed by atoms with Gasteiger partial charge in [-0.05, 0) is 12.1 Å². The predicted octanol–water partition coefficient (Wildman–Crippen LogP) is 2.08. The van der Waals surface area contributed by atoms with Crippen molar-refractivity contribution >= 4 is 21.7 Å². The van der Waals surface area contributed by atoms with Gasteiger partial charge in [-0.1, -0.05) is 12.1 Å². The number of quaternary nitrogens is 1. The first-order valence-electron chi connectivity index (χ1n) is 7.49. The molecule has 2 rings (SSSR count). The van der Waals surface area contributed by atoms with E-state index in [-0.39, 0.29) is 24.3 Å². The van der Waals surface area contributed by atoms with E-state index in [1.165, 1.54) is 36.5 Å². The maximum atomic E-state index is 12.9. The summed E-state index contributed by atoms with van der Waals surface area (Å²) in [6.07, 6.45) is -0.732. The molecule has 1 aliphatic heterocycles. The molecule has 1 unspecified atom stereocenters. The van der Waals surface area contributed by atoms with Crippen LogP contribution in [0.2, 0.25) is 0 Å². The number of alkyl halides is 3. The van der Waals surface area contributed by atoms with Gasteiger partial charge in [-0.25, -0.2) is 4.79 Å². The highest BCUT2D eigenvalue weighted by Crippen LogP contribution is 2.35. The Morgan fingerprint density at radius 2 is 2.04 bits per heavy atom. The predicted molar refractivity (Wildman–Crippen MR) is 90.6 cm³/mol. The number of hydrogen-bond acceptors (Lipinski definition) is 5. The summed E-state index contributed by atoms with van der Waals surface area (Å²) in [5, 5.41) is 0. The summed E-state index contributed by atoms with van der Waals surface area (Å²) in [5.74, 6) is -2.74. The topological polar surface area (TPSA) is 86.5 Å². The van der Waals surface area contributed by atoms with Gasteiger partial charge in [0.2, 0.25) is 0 Å². The largest absolute Gasteiger partial charge is 0.465 e. The first-order valence-corrected chi connectivity index (χ1v) is 9.10. The fourth-order valence-electron chi connectivity index (χ4n) is 2.69. The average Bonchev–Trinajstić information content (AvgIpc) is 2.59. The second-order valence-corrected chi connectivity index (χ2v) is 7.78. The molecule has 1 aromatic rings. The maximum absolute atomic E-state index is 12.9. The molecule has 0 bridgehead atoms. The molecule has 0 aromatic heterocycles. The van der Waals surface area contributed by atoms with Crippen LogP contribution in [0.3, 0.4) is 0 Å². The Labute approximate surface area is 149 Å². The molecule has 2 N–H and O–H groups in total. The lowest BCUT2D eigenvalue weighted by atomic mass is 10.1. The maximum Gasteiger partial charge on any atom is 0.408 e. The number of carbonyl (C=O) groups excluding carboxylic acids is 1. The first kappa shape index (κ1) is 20.1. The van der Waals surface area contributed by atoms with E-state index in [4.69, 9.17) is 5.73 Å². The number of benzene rings is 1. The molecule has 0 fully saturated rings. The summed E-state index contributed by atoms with van der Waals surface area (Å²) >= 11 is 0. The molecule has 0 saturated carbocycles. The van der Waals surface area contributed by atoms with E-state index in [0.29, 0.717) is 5.57 Å². The van der Waals surface area contributed by atoms with Crippen LogP contribution in [0.1, 0.15) is 10.4 Å². The number of nitrogens with zero attached hydrogens (tertiary/aromatic N) is 1. The van der Waals surface area contributed by atoms with Gasteiger partial charge >= 0.3 is 22.2 Å². The highest BCUT2D eigenvalue weighted by Gasteiger charge is 2.50. The van der Waals surface area contributed by atoms with Crippen molar-refractivity contribution in [2.75, 3.05) is 26.0 Å². The van der Waals surface area contributed by atoms with Gasteiger partial charge in [0, 0.05) is 24.3 Å². The summed E-state index contributed by atoms with van der Waals surface area (Å²) in [6, 6.07) is 5.34. The fraction of sp³-hybridized carbons (Fsp3) is 0.312. The number of hydrogen-bond donors (Lipinski definition) is 1. The molecule has 26 heavy (non-hydrogen) atoms. The summed E-state index contributed by atoms with van der Waals surface area (Å²) in [7, 11) is -3.62. The molecular weight excluding hydrogens is 373 g/mol. The Balaban J connectivity index is 2.69. The second-order valence-electron chi connectivity index (χ2n) is 5.67. The molecule has 1 aliphatic rings. The molecule has 1 atom stereocenters. The molecule has 0 spiro atoms. The first-order chi connectivity index (χ1) is 12.0. The van der Waals surface area contributed by atoms with Crippen LogP contribution in [0.5, 0.6) is 0 Å². The zero-order valence-corrected chi connectivity index (χ0v) is 14.7. The number of carbonyl (C=O) groups is 1. The summed E-state index contributed by atoms with van der Waals surface area (Å²) in [6.45, 7) is -0.304. The lowest BCUT2D eigenvalue weighted by Crippen LogP contribution is -2.54. The van der Waals surface area contributed by atoms with Gasteiger partial charge in [-0.2, -0.15) is 25.5 Å². The Morgan fingerprint density at radius 1 is 1.35 bits per heavy atom. The molecule has 0 amide bonds. The molecule has 142 valence electrons. The third kappa shape index (κ3) is 3.97. The number of ether oxygens (including phenoxy) is 1. The normalized spacial score (nSPS) is 20.6. The summed E-state index contributed by atoms with van der Waals surface area (Å²) in [5.41, 5.74) is 5.94. The molecule has 10 heteroatoms. The number of rotatable bonds is 5. The Morgan fingerprint density at radius 3 is 2.62 bits per heavy atom. The minimum Gasteiger partial charge on any atom is -0.465 e. The third-order valence-electron chi connectivity index (χ3n) is 3.87. The molecule has 1 heterocycles. The van der Waals surface area contributed by atoms with E-state index in [2.05, 4.69) is 4.74 Å². The van der Waals surface area contributed by atoms with E-state index in [1.807, 2.05) is 0 Å². The number of sulfonamides is 1. The van der Waals surface area contributed by atoms with E-state index >= 15 is 0 Å². The zero-order valence-electron chi connectivity index (χ0n) is 13.9. The standard InChI is InChI=1S/C16H18F3N2O4S/c1-25-15(22)13-5-2-6-14(8-13)21(7-3-4-12(9-20)10-21)26(23,24)11-16(17,18)19/h2-6,8,10H,7,9,11,20H2,1H3/q+1. The fourth-order valence-corrected chi connectivity index (χ4v) is 4.38. The van der Waals surface area contributed by atoms with E-state index in [9.17, 15) is 26.4 Å².